The predicted molar refractivity (Wildman–Crippen MR) is 153 cm³/mol. The molecule has 1 N–H and O–H groups in total. The number of carbonyl (C=O) groups is 1. The van der Waals surface area contributed by atoms with Crippen LogP contribution in [0.3, 0.4) is 0 Å². The largest absolute Gasteiger partial charge is 0.492 e. The average molecular weight is 590 g/mol. The lowest BCUT2D eigenvalue weighted by molar-refractivity contribution is 0.0221. The molecule has 1 aliphatic carbocycles. The zero-order valence-electron chi connectivity index (χ0n) is 24.6. The molecule has 10 heteroatoms. The van der Waals surface area contributed by atoms with Gasteiger partial charge in [-0.2, -0.15) is 0 Å². The third kappa shape index (κ3) is 6.53. The van der Waals surface area contributed by atoms with Crippen LogP contribution in [0.5, 0.6) is 5.75 Å². The molecule has 1 aromatic heterocycles. The highest BCUT2D eigenvalue weighted by atomic mass is 19.1. The van der Waals surface area contributed by atoms with E-state index in [2.05, 4.69) is 4.98 Å². The van der Waals surface area contributed by atoms with Crippen molar-refractivity contribution in [1.29, 1.82) is 0 Å². The molecule has 1 saturated carbocycles. The smallest absolute Gasteiger partial charge is 0.410 e. The molecule has 2 atom stereocenters. The van der Waals surface area contributed by atoms with E-state index in [9.17, 15) is 9.18 Å². The first-order valence-electron chi connectivity index (χ1n) is 14.6. The summed E-state index contributed by atoms with van der Waals surface area (Å²) in [6.45, 7) is 6.73. The molecule has 1 fully saturated rings. The van der Waals surface area contributed by atoms with Gasteiger partial charge in [-0.1, -0.05) is 18.2 Å². The van der Waals surface area contributed by atoms with Gasteiger partial charge in [-0.05, 0) is 65.0 Å². The van der Waals surface area contributed by atoms with Gasteiger partial charge in [0.05, 0.1) is 19.3 Å². The lowest BCUT2D eigenvalue weighted by atomic mass is 9.87. The Balaban J connectivity index is 1.40. The molecule has 0 saturated heterocycles. The van der Waals surface area contributed by atoms with E-state index in [4.69, 9.17) is 9.47 Å². The van der Waals surface area contributed by atoms with E-state index in [1.165, 1.54) is 4.90 Å². The number of aromatic nitrogens is 1. The molecular weight excluding hydrogens is 550 g/mol. The number of ether oxygens (including phenoxy) is 2. The minimum atomic E-state index is -1.35. The fourth-order valence-electron chi connectivity index (χ4n) is 5.74. The van der Waals surface area contributed by atoms with Crippen LogP contribution >= 0.6 is 0 Å². The first kappa shape index (κ1) is 30.2. The zero-order valence-corrected chi connectivity index (χ0v) is 24.6. The molecule has 6 nitrogen and oxygen atoms in total. The van der Waals surface area contributed by atoms with Crippen LogP contribution in [0.4, 0.5) is 22.4 Å². The Morgan fingerprint density at radius 3 is 2.48 bits per heavy atom. The number of hydrogen-bond acceptors (Lipinski definition) is 4. The molecule has 0 spiro atoms. The van der Waals surface area contributed by atoms with E-state index in [-0.39, 0.29) is 50.0 Å². The molecular formula is C32H39F4N3O3. The Bertz CT molecular complexity index is 1410. The van der Waals surface area contributed by atoms with E-state index in [0.717, 1.165) is 28.6 Å². The average Bonchev–Trinajstić information content (AvgIpc) is 3.53. The number of nitrogens with zero attached hydrogens (tertiary/aromatic N) is 2. The van der Waals surface area contributed by atoms with Crippen molar-refractivity contribution in [2.45, 2.75) is 76.7 Å². The van der Waals surface area contributed by atoms with Crippen LogP contribution in [0, 0.1) is 11.6 Å². The molecule has 1 amide bonds. The van der Waals surface area contributed by atoms with Crippen molar-refractivity contribution in [3.05, 3.63) is 64.9 Å². The van der Waals surface area contributed by atoms with Gasteiger partial charge in [0.25, 0.3) is 0 Å². The first-order valence-corrected chi connectivity index (χ1v) is 14.6. The summed E-state index contributed by atoms with van der Waals surface area (Å²) >= 11 is 0. The van der Waals surface area contributed by atoms with Crippen LogP contribution < -0.4 is 4.74 Å². The molecule has 2 aliphatic rings. The van der Waals surface area contributed by atoms with Gasteiger partial charge in [0.1, 0.15) is 35.3 Å². The molecule has 228 valence electrons. The molecule has 0 unspecified atom stereocenters. The number of fused-ring (bicyclic) bond motifs is 3. The van der Waals surface area contributed by atoms with Crippen molar-refractivity contribution in [3.8, 4) is 5.75 Å². The van der Waals surface area contributed by atoms with Gasteiger partial charge < -0.3 is 19.4 Å². The van der Waals surface area contributed by atoms with Crippen molar-refractivity contribution < 1.29 is 31.8 Å². The maximum Gasteiger partial charge on any atom is 0.410 e. The summed E-state index contributed by atoms with van der Waals surface area (Å²) in [5.41, 5.74) is 0.276. The van der Waals surface area contributed by atoms with E-state index >= 15 is 13.2 Å². The second-order valence-corrected chi connectivity index (χ2v) is 12.5. The lowest BCUT2D eigenvalue weighted by Gasteiger charge is -2.41. The number of para-hydroxylation sites is 1. The number of nitrogens with one attached hydrogen (secondary N) is 1. The molecule has 5 rings (SSSR count). The van der Waals surface area contributed by atoms with Gasteiger partial charge in [0.15, 0.2) is 0 Å². The number of benzene rings is 2. The maximum atomic E-state index is 15.9. The topological polar surface area (TPSA) is 57.8 Å². The van der Waals surface area contributed by atoms with Crippen molar-refractivity contribution in [3.63, 3.8) is 0 Å². The molecule has 2 aromatic carbocycles. The number of alkyl halides is 2. The van der Waals surface area contributed by atoms with Crippen LogP contribution in [0.2, 0.25) is 0 Å². The number of amides is 1. The van der Waals surface area contributed by atoms with Gasteiger partial charge in [0, 0.05) is 53.4 Å². The van der Waals surface area contributed by atoms with Gasteiger partial charge in [-0.25, -0.2) is 18.0 Å². The molecule has 2 heterocycles. The van der Waals surface area contributed by atoms with Gasteiger partial charge in [-0.15, -0.1) is 0 Å². The van der Waals surface area contributed by atoms with Crippen molar-refractivity contribution in [2.24, 2.45) is 0 Å². The van der Waals surface area contributed by atoms with Crippen LogP contribution in [0.25, 0.3) is 10.9 Å². The van der Waals surface area contributed by atoms with Crippen LogP contribution in [0.1, 0.15) is 69.8 Å². The minimum Gasteiger partial charge on any atom is -0.492 e. The number of carbonyl (C=O) groups excluding carboxylic acids is 1. The number of rotatable bonds is 10. The predicted octanol–water partition coefficient (Wildman–Crippen LogP) is 7.26. The first-order chi connectivity index (χ1) is 19.9. The molecule has 0 bridgehead atoms. The van der Waals surface area contributed by atoms with E-state index in [0.29, 0.717) is 25.0 Å². The fourth-order valence-corrected chi connectivity index (χ4v) is 5.74. The van der Waals surface area contributed by atoms with E-state index < -0.39 is 41.7 Å². The highest BCUT2D eigenvalue weighted by Gasteiger charge is 2.49. The molecule has 3 aromatic rings. The van der Waals surface area contributed by atoms with Crippen molar-refractivity contribution in [2.75, 3.05) is 32.9 Å². The summed E-state index contributed by atoms with van der Waals surface area (Å²) < 4.78 is 70.7. The zero-order chi connectivity index (χ0) is 30.2. The standard InChI is InChI=1S/C32H39F4N3O3/c1-20-16-23-22-8-5-6-9-26(22)37-28(23)29(39(20)19-32(36)10-11-32)27-24(34)17-21(18-25(27)35)41-15-14-38(13-7-12-33)30(40)42-31(2,3)4/h5-6,8-9,17-18,20,29,37H,7,10-16,19H2,1-4H3/t20-,29-/m1/s1. The third-order valence-corrected chi connectivity index (χ3v) is 7.95. The van der Waals surface area contributed by atoms with Gasteiger partial charge >= 0.3 is 6.09 Å². The van der Waals surface area contributed by atoms with Gasteiger partial charge in [0.2, 0.25) is 0 Å². The van der Waals surface area contributed by atoms with Crippen molar-refractivity contribution in [1.82, 2.24) is 14.8 Å². The van der Waals surface area contributed by atoms with Crippen LogP contribution in [-0.4, -0.2) is 71.1 Å². The second-order valence-electron chi connectivity index (χ2n) is 12.5. The van der Waals surface area contributed by atoms with E-state index in [1.54, 1.807) is 20.8 Å². The SMILES string of the molecule is C[C@@H]1Cc2c([nH]c3ccccc23)[C@@H](c2c(F)cc(OCCN(CCCF)C(=O)OC(C)(C)C)cc2F)N1CC1(F)CC1. The number of aromatic amines is 1. The Kier molecular flexibility index (Phi) is 8.47. The van der Waals surface area contributed by atoms with Gasteiger partial charge in [-0.3, -0.25) is 9.29 Å². The second kappa shape index (κ2) is 11.8. The number of halogens is 4. The maximum absolute atomic E-state index is 15.9. The van der Waals surface area contributed by atoms with E-state index in [1.807, 2.05) is 36.1 Å². The van der Waals surface area contributed by atoms with Crippen molar-refractivity contribution >= 4 is 17.0 Å². The quantitative estimate of drug-likeness (QED) is 0.253. The summed E-state index contributed by atoms with van der Waals surface area (Å²) in [6, 6.07) is 9.00. The summed E-state index contributed by atoms with van der Waals surface area (Å²) in [5.74, 6) is -1.65. The Labute approximate surface area is 244 Å². The highest BCUT2D eigenvalue weighted by Crippen LogP contribution is 2.47. The Morgan fingerprint density at radius 2 is 1.83 bits per heavy atom. The molecule has 0 radical (unpaired) electrons. The highest BCUT2D eigenvalue weighted by molar-refractivity contribution is 5.85. The fraction of sp³-hybridized carbons (Fsp3) is 0.531. The summed E-state index contributed by atoms with van der Waals surface area (Å²) in [7, 11) is 0. The summed E-state index contributed by atoms with van der Waals surface area (Å²) in [5, 5.41) is 0.994. The molecule has 1 aliphatic heterocycles. The monoisotopic (exact) mass is 589 g/mol. The Hall–Kier alpha value is -3.27. The van der Waals surface area contributed by atoms with Crippen LogP contribution in [-0.2, 0) is 11.2 Å². The normalized spacial score (nSPS) is 19.9. The lowest BCUT2D eigenvalue weighted by Crippen LogP contribution is -2.46. The van der Waals surface area contributed by atoms with Crippen LogP contribution in [0.15, 0.2) is 36.4 Å². The Morgan fingerprint density at radius 1 is 1.14 bits per heavy atom. The minimum absolute atomic E-state index is 0.0418. The number of H-pyrrole nitrogens is 1. The number of hydrogen-bond donors (Lipinski definition) is 1. The summed E-state index contributed by atoms with van der Waals surface area (Å²) in [4.78, 5) is 19.1. The third-order valence-electron chi connectivity index (χ3n) is 7.95. The molecule has 42 heavy (non-hydrogen) atoms. The summed E-state index contributed by atoms with van der Waals surface area (Å²) in [6.07, 6.45) is 1.02.